The fourth-order valence-corrected chi connectivity index (χ4v) is 4.80. The second-order valence-electron chi connectivity index (χ2n) is 5.45. The molecule has 0 saturated carbocycles. The molecule has 2 atom stereocenters. The van der Waals surface area contributed by atoms with E-state index in [-0.39, 0.29) is 10.8 Å². The Morgan fingerprint density at radius 3 is 2.79 bits per heavy atom. The Bertz CT molecular complexity index is 438. The van der Waals surface area contributed by atoms with Gasteiger partial charge in [-0.3, -0.25) is 4.68 Å². The molecule has 0 bridgehead atoms. The van der Waals surface area contributed by atoms with Crippen molar-refractivity contribution in [3.05, 3.63) is 15.9 Å². The quantitative estimate of drug-likeness (QED) is 0.889. The van der Waals surface area contributed by atoms with Crippen LogP contribution in [0.5, 0.6) is 0 Å². The smallest absolute Gasteiger partial charge is 0.0766 e. The standard InChI is InChI=1S/C14H24BrN3S/c1-4-10-13(15)11(18(5-2)17-10)9-12(16)14(3)7-6-8-19-14/h12H,4-9,16H2,1-3H3. The average Bonchev–Trinajstić information content (AvgIpc) is 2.96. The van der Waals surface area contributed by atoms with E-state index < -0.39 is 0 Å². The summed E-state index contributed by atoms with van der Waals surface area (Å²) in [6.45, 7) is 7.51. The van der Waals surface area contributed by atoms with Gasteiger partial charge in [0.2, 0.25) is 0 Å². The summed E-state index contributed by atoms with van der Waals surface area (Å²) >= 11 is 5.75. The predicted molar refractivity (Wildman–Crippen MR) is 86.8 cm³/mol. The number of nitrogens with zero attached hydrogens (tertiary/aromatic N) is 2. The number of aryl methyl sites for hydroxylation is 2. The van der Waals surface area contributed by atoms with Crippen LogP contribution in [0.2, 0.25) is 0 Å². The summed E-state index contributed by atoms with van der Waals surface area (Å²) in [6.07, 6.45) is 4.40. The molecule has 2 rings (SSSR count). The Balaban J connectivity index is 2.20. The van der Waals surface area contributed by atoms with Crippen LogP contribution in [0.4, 0.5) is 0 Å². The third kappa shape index (κ3) is 3.03. The molecule has 1 saturated heterocycles. The van der Waals surface area contributed by atoms with E-state index in [1.165, 1.54) is 28.8 Å². The second-order valence-corrected chi connectivity index (χ2v) is 7.87. The molecule has 2 unspecified atom stereocenters. The molecule has 3 nitrogen and oxygen atoms in total. The van der Waals surface area contributed by atoms with Gasteiger partial charge < -0.3 is 5.73 Å². The van der Waals surface area contributed by atoms with E-state index in [0.717, 1.165) is 25.1 Å². The van der Waals surface area contributed by atoms with Crippen molar-refractivity contribution in [1.82, 2.24) is 9.78 Å². The first-order valence-electron chi connectivity index (χ1n) is 7.15. The minimum atomic E-state index is 0.197. The van der Waals surface area contributed by atoms with E-state index in [4.69, 9.17) is 5.73 Å². The SMILES string of the molecule is CCc1nn(CC)c(CC(N)C2(C)CCCS2)c1Br. The van der Waals surface area contributed by atoms with Gasteiger partial charge in [-0.1, -0.05) is 6.92 Å². The minimum absolute atomic E-state index is 0.197. The van der Waals surface area contributed by atoms with Gasteiger partial charge in [-0.05, 0) is 54.8 Å². The van der Waals surface area contributed by atoms with Crippen LogP contribution in [-0.2, 0) is 19.4 Å². The van der Waals surface area contributed by atoms with E-state index in [0.29, 0.717) is 0 Å². The normalized spacial score (nSPS) is 24.9. The highest BCUT2D eigenvalue weighted by Crippen LogP contribution is 2.41. The molecule has 1 aliphatic heterocycles. The van der Waals surface area contributed by atoms with Gasteiger partial charge in [0.1, 0.15) is 0 Å². The van der Waals surface area contributed by atoms with Crippen molar-refractivity contribution in [2.24, 2.45) is 5.73 Å². The first kappa shape index (κ1) is 15.4. The van der Waals surface area contributed by atoms with Crippen molar-refractivity contribution < 1.29 is 0 Å². The number of halogens is 1. The van der Waals surface area contributed by atoms with Crippen LogP contribution in [0.15, 0.2) is 4.47 Å². The first-order valence-corrected chi connectivity index (χ1v) is 8.93. The molecule has 19 heavy (non-hydrogen) atoms. The fourth-order valence-electron chi connectivity index (χ4n) is 2.73. The molecule has 5 heteroatoms. The van der Waals surface area contributed by atoms with E-state index in [9.17, 15) is 0 Å². The van der Waals surface area contributed by atoms with Crippen molar-refractivity contribution >= 4 is 27.7 Å². The van der Waals surface area contributed by atoms with Gasteiger partial charge in [-0.15, -0.1) is 0 Å². The van der Waals surface area contributed by atoms with Crippen molar-refractivity contribution in [2.45, 2.75) is 63.8 Å². The van der Waals surface area contributed by atoms with Crippen LogP contribution in [0, 0.1) is 0 Å². The lowest BCUT2D eigenvalue weighted by atomic mass is 9.93. The summed E-state index contributed by atoms with van der Waals surface area (Å²) in [6, 6.07) is 0.197. The molecule has 2 N–H and O–H groups in total. The largest absolute Gasteiger partial charge is 0.326 e. The van der Waals surface area contributed by atoms with Crippen LogP contribution in [0.25, 0.3) is 0 Å². The van der Waals surface area contributed by atoms with Crippen LogP contribution in [-0.4, -0.2) is 26.3 Å². The molecule has 1 fully saturated rings. The van der Waals surface area contributed by atoms with Crippen LogP contribution in [0.1, 0.15) is 45.0 Å². The number of nitrogens with two attached hydrogens (primary N) is 1. The lowest BCUT2D eigenvalue weighted by Gasteiger charge is -2.30. The summed E-state index contributed by atoms with van der Waals surface area (Å²) < 4.78 is 3.50. The number of thioether (sulfide) groups is 1. The summed E-state index contributed by atoms with van der Waals surface area (Å²) in [4.78, 5) is 0. The van der Waals surface area contributed by atoms with Crippen molar-refractivity contribution in [3.8, 4) is 0 Å². The summed E-state index contributed by atoms with van der Waals surface area (Å²) in [5, 5.41) is 4.66. The van der Waals surface area contributed by atoms with Gasteiger partial charge in [0.05, 0.1) is 15.9 Å². The number of aromatic nitrogens is 2. The van der Waals surface area contributed by atoms with Gasteiger partial charge in [-0.25, -0.2) is 0 Å². The van der Waals surface area contributed by atoms with Crippen molar-refractivity contribution in [2.75, 3.05) is 5.75 Å². The third-order valence-corrected chi connectivity index (χ3v) is 6.72. The molecule has 0 amide bonds. The molecule has 0 radical (unpaired) electrons. The van der Waals surface area contributed by atoms with Crippen LogP contribution < -0.4 is 5.73 Å². The molecule has 1 aliphatic rings. The Labute approximate surface area is 128 Å². The molecule has 1 aromatic heterocycles. The molecule has 0 aromatic carbocycles. The monoisotopic (exact) mass is 345 g/mol. The Hall–Kier alpha value is -0.000000000000000111. The van der Waals surface area contributed by atoms with Crippen LogP contribution >= 0.6 is 27.7 Å². The van der Waals surface area contributed by atoms with Gasteiger partial charge in [0.15, 0.2) is 0 Å². The Morgan fingerprint density at radius 1 is 1.53 bits per heavy atom. The van der Waals surface area contributed by atoms with Gasteiger partial charge in [0.25, 0.3) is 0 Å². The number of hydrogen-bond donors (Lipinski definition) is 1. The molecular weight excluding hydrogens is 322 g/mol. The van der Waals surface area contributed by atoms with E-state index in [1.807, 2.05) is 11.8 Å². The number of hydrogen-bond acceptors (Lipinski definition) is 3. The fraction of sp³-hybridized carbons (Fsp3) is 0.786. The highest BCUT2D eigenvalue weighted by molar-refractivity contribution is 9.10. The van der Waals surface area contributed by atoms with Crippen LogP contribution in [0.3, 0.4) is 0 Å². The maximum Gasteiger partial charge on any atom is 0.0766 e. The maximum absolute atomic E-state index is 6.51. The zero-order valence-electron chi connectivity index (χ0n) is 12.1. The lowest BCUT2D eigenvalue weighted by molar-refractivity contribution is 0.465. The molecule has 108 valence electrons. The zero-order chi connectivity index (χ0) is 14.0. The predicted octanol–water partition coefficient (Wildman–Crippen LogP) is 3.38. The summed E-state index contributed by atoms with van der Waals surface area (Å²) in [5.74, 6) is 1.25. The first-order chi connectivity index (χ1) is 9.01. The third-order valence-electron chi connectivity index (χ3n) is 4.14. The average molecular weight is 346 g/mol. The zero-order valence-corrected chi connectivity index (χ0v) is 14.5. The highest BCUT2D eigenvalue weighted by atomic mass is 79.9. The molecule has 2 heterocycles. The highest BCUT2D eigenvalue weighted by Gasteiger charge is 2.36. The van der Waals surface area contributed by atoms with Crippen molar-refractivity contribution in [1.29, 1.82) is 0 Å². The van der Waals surface area contributed by atoms with Gasteiger partial charge in [0, 0.05) is 23.8 Å². The summed E-state index contributed by atoms with van der Waals surface area (Å²) in [7, 11) is 0. The minimum Gasteiger partial charge on any atom is -0.326 e. The van der Waals surface area contributed by atoms with E-state index in [1.54, 1.807) is 0 Å². The topological polar surface area (TPSA) is 43.8 Å². The Kier molecular flexibility index (Phi) is 5.01. The number of rotatable bonds is 5. The molecule has 0 aliphatic carbocycles. The van der Waals surface area contributed by atoms with Gasteiger partial charge >= 0.3 is 0 Å². The summed E-state index contributed by atoms with van der Waals surface area (Å²) in [5.41, 5.74) is 8.92. The maximum atomic E-state index is 6.51. The molecule has 0 spiro atoms. The van der Waals surface area contributed by atoms with Gasteiger partial charge in [-0.2, -0.15) is 16.9 Å². The second kappa shape index (κ2) is 6.19. The molecule has 1 aromatic rings. The van der Waals surface area contributed by atoms with E-state index in [2.05, 4.69) is 46.5 Å². The van der Waals surface area contributed by atoms with Crippen molar-refractivity contribution in [3.63, 3.8) is 0 Å². The molecular formula is C14H24BrN3S. The Morgan fingerprint density at radius 2 is 2.26 bits per heavy atom. The van der Waals surface area contributed by atoms with E-state index >= 15 is 0 Å². The lowest BCUT2D eigenvalue weighted by Crippen LogP contribution is -2.43.